The van der Waals surface area contributed by atoms with Crippen LogP contribution in [0.1, 0.15) is 40.2 Å². The minimum absolute atomic E-state index is 0.0645. The molecule has 0 aromatic heterocycles. The van der Waals surface area contributed by atoms with Gasteiger partial charge in [-0.1, -0.05) is 25.1 Å². The van der Waals surface area contributed by atoms with Gasteiger partial charge >= 0.3 is 0 Å². The van der Waals surface area contributed by atoms with Gasteiger partial charge in [-0.2, -0.15) is 0 Å². The van der Waals surface area contributed by atoms with Crippen LogP contribution in [0.2, 0.25) is 0 Å². The lowest BCUT2D eigenvalue weighted by Gasteiger charge is -2.41. The number of hydrogen-bond acceptors (Lipinski definition) is 2. The van der Waals surface area contributed by atoms with E-state index in [0.717, 1.165) is 0 Å². The van der Waals surface area contributed by atoms with Crippen LogP contribution in [0.3, 0.4) is 0 Å². The molecule has 0 bridgehead atoms. The summed E-state index contributed by atoms with van der Waals surface area (Å²) in [7, 11) is -1.38. The van der Waals surface area contributed by atoms with Gasteiger partial charge in [0, 0.05) is 26.7 Å². The van der Waals surface area contributed by atoms with Gasteiger partial charge in [0.2, 0.25) is 0 Å². The first-order chi connectivity index (χ1) is 9.45. The van der Waals surface area contributed by atoms with Crippen LogP contribution in [0.25, 0.3) is 0 Å². The maximum Gasteiger partial charge on any atom is 0.141 e. The normalized spacial score (nSPS) is 19.6. The molecule has 0 heterocycles. The fourth-order valence-electron chi connectivity index (χ4n) is 2.07. The van der Waals surface area contributed by atoms with Crippen molar-refractivity contribution in [2.75, 3.05) is 12.4 Å². The standard InChI is InChI=1S/C16H24F2O2S/c1-14(2,3)21(20)11-15(4,16(5,18)10-19)12-8-6-7-9-13(12)17/h6-9,19H,10-11H2,1-5H3/t15-,16+,21+/m1/s1. The van der Waals surface area contributed by atoms with Gasteiger partial charge in [0.25, 0.3) is 0 Å². The Balaban J connectivity index is 3.39. The summed E-state index contributed by atoms with van der Waals surface area (Å²) in [6, 6.07) is 5.88. The summed E-state index contributed by atoms with van der Waals surface area (Å²) in [5.74, 6) is -0.617. The Labute approximate surface area is 128 Å². The molecule has 0 radical (unpaired) electrons. The first-order valence-electron chi connectivity index (χ1n) is 6.89. The highest BCUT2D eigenvalue weighted by molar-refractivity contribution is 7.86. The predicted molar refractivity (Wildman–Crippen MR) is 83.1 cm³/mol. The Hall–Kier alpha value is -0.810. The maximum atomic E-state index is 14.9. The second-order valence-corrected chi connectivity index (χ2v) is 8.97. The molecular formula is C16H24F2O2S. The molecule has 120 valence electrons. The minimum atomic E-state index is -2.09. The second-order valence-electron chi connectivity index (χ2n) is 6.77. The number of aliphatic hydroxyl groups is 1. The minimum Gasteiger partial charge on any atom is -0.393 e. The molecule has 0 fully saturated rings. The SMILES string of the molecule is CC(C)(C)[S@@](=O)C[C@](C)(c1ccccc1F)[C@@](C)(F)CO. The summed E-state index contributed by atoms with van der Waals surface area (Å²) >= 11 is 0. The molecule has 0 spiro atoms. The molecule has 0 unspecified atom stereocenters. The van der Waals surface area contributed by atoms with Gasteiger partial charge in [0.1, 0.15) is 11.5 Å². The predicted octanol–water partition coefficient (Wildman–Crippen LogP) is 3.35. The lowest BCUT2D eigenvalue weighted by atomic mass is 9.72. The third kappa shape index (κ3) is 3.69. The van der Waals surface area contributed by atoms with Gasteiger partial charge < -0.3 is 5.11 Å². The second kappa shape index (κ2) is 6.13. The van der Waals surface area contributed by atoms with Crippen molar-refractivity contribution in [1.82, 2.24) is 0 Å². The zero-order valence-electron chi connectivity index (χ0n) is 13.2. The third-order valence-corrected chi connectivity index (χ3v) is 6.22. The average Bonchev–Trinajstić information content (AvgIpc) is 2.37. The fourth-order valence-corrected chi connectivity index (χ4v) is 3.48. The van der Waals surface area contributed by atoms with Crippen molar-refractivity contribution in [2.45, 2.75) is 50.4 Å². The summed E-state index contributed by atoms with van der Waals surface area (Å²) in [5, 5.41) is 9.40. The molecule has 2 nitrogen and oxygen atoms in total. The summed E-state index contributed by atoms with van der Waals surface area (Å²) in [4.78, 5) is 0. The first kappa shape index (κ1) is 18.2. The monoisotopic (exact) mass is 318 g/mol. The molecule has 1 aromatic rings. The van der Waals surface area contributed by atoms with Crippen molar-refractivity contribution in [3.05, 3.63) is 35.6 Å². The molecule has 1 aromatic carbocycles. The summed E-state index contributed by atoms with van der Waals surface area (Å²) < 4.78 is 41.0. The van der Waals surface area contributed by atoms with E-state index in [1.54, 1.807) is 26.8 Å². The van der Waals surface area contributed by atoms with E-state index in [4.69, 9.17) is 0 Å². The highest BCUT2D eigenvalue weighted by Gasteiger charge is 2.49. The number of aliphatic hydroxyl groups excluding tert-OH is 1. The molecule has 0 amide bonds. The van der Waals surface area contributed by atoms with E-state index in [9.17, 15) is 18.1 Å². The van der Waals surface area contributed by atoms with Crippen LogP contribution in [-0.4, -0.2) is 32.1 Å². The number of halogens is 2. The van der Waals surface area contributed by atoms with Crippen molar-refractivity contribution in [3.63, 3.8) is 0 Å². The number of rotatable bonds is 5. The van der Waals surface area contributed by atoms with E-state index in [-0.39, 0.29) is 11.3 Å². The molecular weight excluding hydrogens is 294 g/mol. The molecule has 0 aliphatic heterocycles. The molecule has 3 atom stereocenters. The lowest BCUT2D eigenvalue weighted by molar-refractivity contribution is 0.0251. The molecule has 0 aliphatic rings. The molecule has 1 N–H and O–H groups in total. The number of hydrogen-bond donors (Lipinski definition) is 1. The van der Waals surface area contributed by atoms with Crippen molar-refractivity contribution in [1.29, 1.82) is 0 Å². The topological polar surface area (TPSA) is 37.3 Å². The largest absolute Gasteiger partial charge is 0.393 e. The van der Waals surface area contributed by atoms with E-state index in [0.29, 0.717) is 0 Å². The highest BCUT2D eigenvalue weighted by Crippen LogP contribution is 2.41. The molecule has 5 heteroatoms. The van der Waals surface area contributed by atoms with Gasteiger partial charge in [-0.3, -0.25) is 4.21 Å². The Morgan fingerprint density at radius 1 is 1.14 bits per heavy atom. The number of benzene rings is 1. The average molecular weight is 318 g/mol. The van der Waals surface area contributed by atoms with Crippen molar-refractivity contribution >= 4 is 10.8 Å². The zero-order valence-corrected chi connectivity index (χ0v) is 14.1. The van der Waals surface area contributed by atoms with Gasteiger partial charge in [0.05, 0.1) is 6.61 Å². The van der Waals surface area contributed by atoms with E-state index in [1.165, 1.54) is 32.0 Å². The van der Waals surface area contributed by atoms with Crippen LogP contribution in [0.5, 0.6) is 0 Å². The Bertz CT molecular complexity index is 523. The lowest BCUT2D eigenvalue weighted by Crippen LogP contribution is -2.52. The Morgan fingerprint density at radius 3 is 2.10 bits per heavy atom. The first-order valence-corrected chi connectivity index (χ1v) is 8.21. The molecule has 21 heavy (non-hydrogen) atoms. The van der Waals surface area contributed by atoms with Crippen molar-refractivity contribution < 1.29 is 18.1 Å². The van der Waals surface area contributed by atoms with Crippen LogP contribution in [0.15, 0.2) is 24.3 Å². The van der Waals surface area contributed by atoms with Crippen LogP contribution in [-0.2, 0) is 16.2 Å². The zero-order chi connectivity index (χ0) is 16.5. The van der Waals surface area contributed by atoms with Gasteiger partial charge in [-0.25, -0.2) is 8.78 Å². The number of alkyl halides is 1. The van der Waals surface area contributed by atoms with Crippen molar-refractivity contribution in [3.8, 4) is 0 Å². The highest BCUT2D eigenvalue weighted by atomic mass is 32.2. The molecule has 0 aliphatic carbocycles. The van der Waals surface area contributed by atoms with E-state index in [1.807, 2.05) is 0 Å². The summed E-state index contributed by atoms with van der Waals surface area (Å²) in [5.41, 5.74) is -3.33. The van der Waals surface area contributed by atoms with Gasteiger partial charge in [0.15, 0.2) is 0 Å². The van der Waals surface area contributed by atoms with Gasteiger partial charge in [-0.15, -0.1) is 0 Å². The van der Waals surface area contributed by atoms with Crippen LogP contribution >= 0.6 is 0 Å². The molecule has 0 saturated carbocycles. The van der Waals surface area contributed by atoms with E-state index in [2.05, 4.69) is 0 Å². The molecule has 1 rings (SSSR count). The third-order valence-electron chi connectivity index (χ3n) is 4.02. The van der Waals surface area contributed by atoms with Crippen LogP contribution in [0.4, 0.5) is 8.78 Å². The summed E-state index contributed by atoms with van der Waals surface area (Å²) in [6.07, 6.45) is 0. The van der Waals surface area contributed by atoms with E-state index < -0.39 is 39.1 Å². The van der Waals surface area contributed by atoms with Gasteiger partial charge in [-0.05, 0) is 39.3 Å². The maximum absolute atomic E-state index is 14.9. The van der Waals surface area contributed by atoms with Crippen LogP contribution < -0.4 is 0 Å². The van der Waals surface area contributed by atoms with Crippen LogP contribution in [0, 0.1) is 5.82 Å². The Kier molecular flexibility index (Phi) is 5.32. The van der Waals surface area contributed by atoms with E-state index >= 15 is 0 Å². The fraction of sp³-hybridized carbons (Fsp3) is 0.625. The quantitative estimate of drug-likeness (QED) is 0.904. The smallest absolute Gasteiger partial charge is 0.141 e. The molecule has 0 saturated heterocycles. The summed E-state index contributed by atoms with van der Waals surface area (Å²) in [6.45, 7) is 7.35. The van der Waals surface area contributed by atoms with Crippen molar-refractivity contribution in [2.24, 2.45) is 0 Å². The Morgan fingerprint density at radius 2 is 1.67 bits per heavy atom.